The van der Waals surface area contributed by atoms with Gasteiger partial charge < -0.3 is 24.8 Å². The van der Waals surface area contributed by atoms with Crippen molar-refractivity contribution in [2.45, 2.75) is 52.6 Å². The van der Waals surface area contributed by atoms with Crippen LogP contribution in [-0.2, 0) is 14.2 Å². The third kappa shape index (κ3) is 14.7. The summed E-state index contributed by atoms with van der Waals surface area (Å²) in [6, 6.07) is 0. The molecule has 1 fully saturated rings. The summed E-state index contributed by atoms with van der Waals surface area (Å²) in [5, 5.41) is 6.61. The van der Waals surface area contributed by atoms with Gasteiger partial charge in [0, 0.05) is 46.1 Å². The van der Waals surface area contributed by atoms with Crippen LogP contribution in [0.2, 0.25) is 0 Å². The number of nitrogens with one attached hydrogen (secondary N) is 2. The summed E-state index contributed by atoms with van der Waals surface area (Å²) in [7, 11) is 0. The number of ether oxygens (including phenoxy) is 3. The smallest absolute Gasteiger partial charge is 0.191 e. The van der Waals surface area contributed by atoms with Crippen LogP contribution in [0.1, 0.15) is 46.5 Å². The van der Waals surface area contributed by atoms with Crippen LogP contribution in [0.4, 0.5) is 0 Å². The molecule has 0 radical (unpaired) electrons. The van der Waals surface area contributed by atoms with Crippen molar-refractivity contribution < 1.29 is 14.2 Å². The Morgan fingerprint density at radius 3 is 2.68 bits per heavy atom. The summed E-state index contributed by atoms with van der Waals surface area (Å²) in [6.07, 6.45) is 4.54. The van der Waals surface area contributed by atoms with E-state index in [2.05, 4.69) is 36.4 Å². The average Bonchev–Trinajstić information content (AvgIpc) is 3.06. The maximum absolute atomic E-state index is 5.66. The molecule has 1 heterocycles. The number of aliphatic imine (C=N–C) groups is 1. The normalized spacial score (nSPS) is 17.6. The Labute approximate surface area is 170 Å². The van der Waals surface area contributed by atoms with Gasteiger partial charge >= 0.3 is 0 Å². The monoisotopic (exact) mass is 471 g/mol. The van der Waals surface area contributed by atoms with Crippen LogP contribution in [0.5, 0.6) is 0 Å². The van der Waals surface area contributed by atoms with Crippen LogP contribution in [-0.4, -0.2) is 64.7 Å². The first-order valence-corrected chi connectivity index (χ1v) is 9.51. The molecule has 25 heavy (non-hydrogen) atoms. The molecule has 0 aromatic carbocycles. The van der Waals surface area contributed by atoms with E-state index < -0.39 is 0 Å². The molecule has 0 saturated carbocycles. The van der Waals surface area contributed by atoms with E-state index in [1.54, 1.807) is 0 Å². The Morgan fingerprint density at radius 2 is 2.00 bits per heavy atom. The number of hydrogen-bond acceptors (Lipinski definition) is 4. The van der Waals surface area contributed by atoms with E-state index in [9.17, 15) is 0 Å². The van der Waals surface area contributed by atoms with E-state index in [1.165, 1.54) is 6.42 Å². The van der Waals surface area contributed by atoms with E-state index in [0.717, 1.165) is 77.9 Å². The van der Waals surface area contributed by atoms with Gasteiger partial charge in [-0.25, -0.2) is 0 Å². The minimum absolute atomic E-state index is 0. The van der Waals surface area contributed by atoms with Crippen molar-refractivity contribution in [3.63, 3.8) is 0 Å². The number of guanidine groups is 1. The van der Waals surface area contributed by atoms with E-state index in [4.69, 9.17) is 14.2 Å². The highest BCUT2D eigenvalue weighted by atomic mass is 127. The molecule has 6 nitrogen and oxygen atoms in total. The van der Waals surface area contributed by atoms with Gasteiger partial charge in [-0.1, -0.05) is 13.8 Å². The van der Waals surface area contributed by atoms with Crippen LogP contribution in [0.15, 0.2) is 4.99 Å². The maximum Gasteiger partial charge on any atom is 0.191 e. The molecule has 1 aliphatic heterocycles. The van der Waals surface area contributed by atoms with E-state index >= 15 is 0 Å². The number of rotatable bonds is 13. The molecule has 1 saturated heterocycles. The third-order valence-corrected chi connectivity index (χ3v) is 3.60. The molecule has 0 amide bonds. The van der Waals surface area contributed by atoms with Crippen molar-refractivity contribution in [2.24, 2.45) is 10.9 Å². The lowest BCUT2D eigenvalue weighted by atomic mass is 10.2. The Morgan fingerprint density at radius 1 is 1.20 bits per heavy atom. The second-order valence-corrected chi connectivity index (χ2v) is 6.57. The molecule has 1 rings (SSSR count). The summed E-state index contributed by atoms with van der Waals surface area (Å²) in [4.78, 5) is 4.56. The Kier molecular flexibility index (Phi) is 17.2. The van der Waals surface area contributed by atoms with Crippen molar-refractivity contribution >= 4 is 29.9 Å². The largest absolute Gasteiger partial charge is 0.381 e. The lowest BCUT2D eigenvalue weighted by Crippen LogP contribution is -2.38. The van der Waals surface area contributed by atoms with Crippen LogP contribution < -0.4 is 10.6 Å². The van der Waals surface area contributed by atoms with Gasteiger partial charge in [0.1, 0.15) is 0 Å². The summed E-state index contributed by atoms with van der Waals surface area (Å²) in [5.74, 6) is 1.47. The lowest BCUT2D eigenvalue weighted by Gasteiger charge is -2.12. The molecule has 2 N–H and O–H groups in total. The molecule has 1 atom stereocenters. The Balaban J connectivity index is 0.00000576. The van der Waals surface area contributed by atoms with E-state index in [0.29, 0.717) is 12.0 Å². The molecule has 1 unspecified atom stereocenters. The van der Waals surface area contributed by atoms with Crippen molar-refractivity contribution in [1.82, 2.24) is 10.6 Å². The standard InChI is InChI=1S/C18H37N3O3.HI/c1-4-19-18(20-9-6-11-22-14-16(2)3)21-10-7-12-23-15-17-8-5-13-24-17;/h16-17H,4-15H2,1-3H3,(H2,19,20,21);1H. The minimum Gasteiger partial charge on any atom is -0.381 e. The SMILES string of the molecule is CCNC(=NCCCOCC(C)C)NCCCOCC1CCCO1.I. The minimum atomic E-state index is 0. The quantitative estimate of drug-likeness (QED) is 0.187. The zero-order valence-electron chi connectivity index (χ0n) is 16.2. The fourth-order valence-electron chi connectivity index (χ4n) is 2.39. The predicted octanol–water partition coefficient (Wildman–Crippen LogP) is 2.81. The second kappa shape index (κ2) is 17.3. The average molecular weight is 471 g/mol. The molecule has 0 aromatic rings. The number of halogens is 1. The first-order valence-electron chi connectivity index (χ1n) is 9.51. The summed E-state index contributed by atoms with van der Waals surface area (Å²) in [5.41, 5.74) is 0. The van der Waals surface area contributed by atoms with Crippen LogP contribution in [0.3, 0.4) is 0 Å². The van der Waals surface area contributed by atoms with Gasteiger partial charge in [0.05, 0.1) is 12.7 Å². The van der Waals surface area contributed by atoms with Crippen LogP contribution >= 0.6 is 24.0 Å². The highest BCUT2D eigenvalue weighted by molar-refractivity contribution is 14.0. The zero-order valence-corrected chi connectivity index (χ0v) is 18.6. The predicted molar refractivity (Wildman–Crippen MR) is 114 cm³/mol. The maximum atomic E-state index is 5.66. The topological polar surface area (TPSA) is 64.1 Å². The van der Waals surface area contributed by atoms with Gasteiger partial charge in [-0.15, -0.1) is 24.0 Å². The highest BCUT2D eigenvalue weighted by Gasteiger charge is 2.14. The molecule has 1 aliphatic rings. The first kappa shape index (κ1) is 24.9. The fraction of sp³-hybridized carbons (Fsp3) is 0.944. The van der Waals surface area contributed by atoms with Gasteiger partial charge in [-0.05, 0) is 38.5 Å². The van der Waals surface area contributed by atoms with Crippen LogP contribution in [0.25, 0.3) is 0 Å². The first-order chi connectivity index (χ1) is 11.7. The number of hydrogen-bond donors (Lipinski definition) is 2. The van der Waals surface area contributed by atoms with E-state index in [-0.39, 0.29) is 24.0 Å². The molecule has 150 valence electrons. The van der Waals surface area contributed by atoms with Crippen molar-refractivity contribution in [3.05, 3.63) is 0 Å². The lowest BCUT2D eigenvalue weighted by molar-refractivity contribution is 0.0168. The second-order valence-electron chi connectivity index (χ2n) is 6.57. The van der Waals surface area contributed by atoms with Gasteiger partial charge in [0.25, 0.3) is 0 Å². The number of nitrogens with zero attached hydrogens (tertiary/aromatic N) is 1. The summed E-state index contributed by atoms with van der Waals surface area (Å²) in [6.45, 7) is 12.9. The molecule has 7 heteroatoms. The molecule has 0 spiro atoms. The summed E-state index contributed by atoms with van der Waals surface area (Å²) < 4.78 is 16.8. The Hall–Kier alpha value is -0.120. The van der Waals surface area contributed by atoms with Gasteiger partial charge in [0.2, 0.25) is 0 Å². The Bertz CT molecular complexity index is 325. The zero-order chi connectivity index (χ0) is 17.5. The van der Waals surface area contributed by atoms with Gasteiger partial charge in [-0.3, -0.25) is 4.99 Å². The molecule has 0 bridgehead atoms. The van der Waals surface area contributed by atoms with Crippen LogP contribution in [0, 0.1) is 5.92 Å². The third-order valence-electron chi connectivity index (χ3n) is 3.60. The molecule has 0 aromatic heterocycles. The van der Waals surface area contributed by atoms with Gasteiger partial charge in [-0.2, -0.15) is 0 Å². The molecule has 0 aliphatic carbocycles. The van der Waals surface area contributed by atoms with Crippen molar-refractivity contribution in [1.29, 1.82) is 0 Å². The van der Waals surface area contributed by atoms with Gasteiger partial charge in [0.15, 0.2) is 5.96 Å². The highest BCUT2D eigenvalue weighted by Crippen LogP contribution is 2.11. The summed E-state index contributed by atoms with van der Waals surface area (Å²) >= 11 is 0. The molecular formula is C18H38IN3O3. The fourth-order valence-corrected chi connectivity index (χ4v) is 2.39. The van der Waals surface area contributed by atoms with Crippen molar-refractivity contribution in [2.75, 3.05) is 52.7 Å². The molecular weight excluding hydrogens is 433 g/mol. The van der Waals surface area contributed by atoms with Crippen molar-refractivity contribution in [3.8, 4) is 0 Å². The van der Waals surface area contributed by atoms with E-state index in [1.807, 2.05) is 0 Å².